The van der Waals surface area contributed by atoms with Crippen molar-refractivity contribution in [3.63, 3.8) is 0 Å². The molecular weight excluding hydrogens is 304 g/mol. The van der Waals surface area contributed by atoms with Crippen LogP contribution >= 0.6 is 15.9 Å². The van der Waals surface area contributed by atoms with Crippen molar-refractivity contribution in [1.29, 1.82) is 0 Å². The molecule has 0 aliphatic carbocycles. The number of nitrogens with one attached hydrogen (secondary N) is 1. The van der Waals surface area contributed by atoms with Gasteiger partial charge in [-0.3, -0.25) is 5.43 Å². The molecule has 0 unspecified atom stereocenters. The molecule has 0 amide bonds. The van der Waals surface area contributed by atoms with E-state index in [9.17, 15) is 0 Å². The molecule has 2 aromatic carbocycles. The van der Waals surface area contributed by atoms with Crippen LogP contribution < -0.4 is 10.8 Å². The Kier molecular flexibility index (Phi) is 3.33. The van der Waals surface area contributed by atoms with Crippen LogP contribution in [-0.2, 0) is 0 Å². The predicted molar refractivity (Wildman–Crippen MR) is 79.5 cm³/mol. The third kappa shape index (κ3) is 2.69. The summed E-state index contributed by atoms with van der Waals surface area (Å²) in [6, 6.07) is 19.5. The van der Waals surface area contributed by atoms with E-state index in [1.54, 1.807) is 0 Å². The number of para-hydroxylation sites is 2. The number of fused-ring (bicyclic) bond motifs is 1. The molecule has 3 rings (SSSR count). The van der Waals surface area contributed by atoms with Gasteiger partial charge in [-0.1, -0.05) is 30.3 Å². The largest absolute Gasteiger partial charge is 0.449 e. The topological polar surface area (TPSA) is 37.5 Å². The van der Waals surface area contributed by atoms with Crippen molar-refractivity contribution in [3.05, 3.63) is 70.7 Å². The molecule has 94 valence electrons. The van der Waals surface area contributed by atoms with Gasteiger partial charge in [0.15, 0.2) is 4.67 Å². The Morgan fingerprint density at radius 1 is 0.947 bits per heavy atom. The molecule has 0 atom stereocenters. The number of hydrogen-bond acceptors (Lipinski definition) is 3. The van der Waals surface area contributed by atoms with Crippen molar-refractivity contribution in [2.45, 2.75) is 0 Å². The van der Waals surface area contributed by atoms with Gasteiger partial charge in [0.25, 0.3) is 0 Å². The number of hydrogen-bond donors (Lipinski definition) is 1. The standard InChI is InChI=1S/C15H11BrN2O/c16-15-10-13(12-8-4-5-9-14(12)19-15)18-17-11-6-2-1-3-7-11/h1-10,17H. The first-order valence-corrected chi connectivity index (χ1v) is 6.65. The summed E-state index contributed by atoms with van der Waals surface area (Å²) in [4.78, 5) is 0. The summed E-state index contributed by atoms with van der Waals surface area (Å²) in [5.74, 6) is 0. The Hall–Kier alpha value is -2.07. The highest BCUT2D eigenvalue weighted by molar-refractivity contribution is 9.10. The van der Waals surface area contributed by atoms with Gasteiger partial charge < -0.3 is 4.42 Å². The van der Waals surface area contributed by atoms with Crippen molar-refractivity contribution >= 4 is 32.6 Å². The highest BCUT2D eigenvalue weighted by Crippen LogP contribution is 2.15. The average molecular weight is 315 g/mol. The first kappa shape index (κ1) is 12.0. The molecular formula is C15H11BrN2O. The Labute approximate surface area is 118 Å². The van der Waals surface area contributed by atoms with Gasteiger partial charge >= 0.3 is 0 Å². The second-order valence-electron chi connectivity index (χ2n) is 4.02. The number of rotatable bonds is 2. The van der Waals surface area contributed by atoms with Gasteiger partial charge in [-0.05, 0) is 40.2 Å². The summed E-state index contributed by atoms with van der Waals surface area (Å²) < 4.78 is 6.24. The lowest BCUT2D eigenvalue weighted by Gasteiger charge is -2.01. The predicted octanol–water partition coefficient (Wildman–Crippen LogP) is 4.12. The van der Waals surface area contributed by atoms with Crippen LogP contribution in [0.1, 0.15) is 0 Å². The van der Waals surface area contributed by atoms with E-state index in [-0.39, 0.29) is 0 Å². The van der Waals surface area contributed by atoms with Gasteiger partial charge in [-0.25, -0.2) is 0 Å². The quantitative estimate of drug-likeness (QED) is 0.722. The smallest absolute Gasteiger partial charge is 0.172 e. The van der Waals surface area contributed by atoms with Gasteiger partial charge in [0.1, 0.15) is 5.58 Å². The molecule has 3 aromatic rings. The van der Waals surface area contributed by atoms with E-state index in [0.29, 0.717) is 4.67 Å². The summed E-state index contributed by atoms with van der Waals surface area (Å²) in [6.07, 6.45) is 0. The van der Waals surface area contributed by atoms with Crippen LogP contribution in [0.3, 0.4) is 0 Å². The molecule has 1 heterocycles. The lowest BCUT2D eigenvalue weighted by molar-refractivity contribution is 0.572. The summed E-state index contributed by atoms with van der Waals surface area (Å²) in [6.45, 7) is 0. The third-order valence-electron chi connectivity index (χ3n) is 2.70. The summed E-state index contributed by atoms with van der Waals surface area (Å²) in [5.41, 5.74) is 4.79. The van der Waals surface area contributed by atoms with E-state index in [0.717, 1.165) is 22.0 Å². The molecule has 0 aliphatic heterocycles. The van der Waals surface area contributed by atoms with Crippen LogP contribution in [0.2, 0.25) is 0 Å². The molecule has 0 saturated heterocycles. The first-order valence-electron chi connectivity index (χ1n) is 5.86. The fourth-order valence-corrected chi connectivity index (χ4v) is 2.21. The minimum atomic E-state index is 0.653. The lowest BCUT2D eigenvalue weighted by atomic mass is 10.2. The number of anilines is 1. The van der Waals surface area contributed by atoms with Crippen LogP contribution in [0.5, 0.6) is 0 Å². The second-order valence-corrected chi connectivity index (χ2v) is 4.80. The Bertz CT molecular complexity index is 766. The summed E-state index contributed by atoms with van der Waals surface area (Å²) in [7, 11) is 0. The zero-order valence-corrected chi connectivity index (χ0v) is 11.6. The zero-order chi connectivity index (χ0) is 13.1. The molecule has 3 nitrogen and oxygen atoms in total. The van der Waals surface area contributed by atoms with E-state index >= 15 is 0 Å². The average Bonchev–Trinajstić information content (AvgIpc) is 2.45. The first-order chi connectivity index (χ1) is 9.33. The number of halogens is 1. The summed E-state index contributed by atoms with van der Waals surface area (Å²) in [5, 5.41) is 6.22. The molecule has 0 aliphatic rings. The highest BCUT2D eigenvalue weighted by Gasteiger charge is 2.00. The minimum Gasteiger partial charge on any atom is -0.449 e. The lowest BCUT2D eigenvalue weighted by Crippen LogP contribution is -2.06. The zero-order valence-electron chi connectivity index (χ0n) is 10.0. The van der Waals surface area contributed by atoms with E-state index in [1.165, 1.54) is 0 Å². The van der Waals surface area contributed by atoms with E-state index < -0.39 is 0 Å². The molecule has 4 heteroatoms. The van der Waals surface area contributed by atoms with Crippen LogP contribution in [0, 0.1) is 0 Å². The van der Waals surface area contributed by atoms with Crippen LogP contribution in [-0.4, -0.2) is 0 Å². The van der Waals surface area contributed by atoms with Crippen LogP contribution in [0.25, 0.3) is 11.0 Å². The SMILES string of the molecule is Brc1cc(=NNc2ccccc2)c2ccccc2o1. The molecule has 0 bridgehead atoms. The maximum atomic E-state index is 5.58. The molecule has 19 heavy (non-hydrogen) atoms. The minimum absolute atomic E-state index is 0.653. The van der Waals surface area contributed by atoms with Crippen molar-refractivity contribution in [1.82, 2.24) is 0 Å². The molecule has 0 fully saturated rings. The third-order valence-corrected chi connectivity index (χ3v) is 3.09. The number of benzene rings is 2. The van der Waals surface area contributed by atoms with Crippen molar-refractivity contribution < 1.29 is 4.42 Å². The Morgan fingerprint density at radius 3 is 2.53 bits per heavy atom. The van der Waals surface area contributed by atoms with Crippen molar-refractivity contribution in [3.8, 4) is 0 Å². The maximum absolute atomic E-state index is 5.58. The molecule has 1 N–H and O–H groups in total. The fourth-order valence-electron chi connectivity index (χ4n) is 1.82. The summed E-state index contributed by atoms with van der Waals surface area (Å²) >= 11 is 3.36. The van der Waals surface area contributed by atoms with Gasteiger partial charge in [0.2, 0.25) is 0 Å². The van der Waals surface area contributed by atoms with Crippen molar-refractivity contribution in [2.75, 3.05) is 5.43 Å². The van der Waals surface area contributed by atoms with E-state index in [2.05, 4.69) is 26.5 Å². The maximum Gasteiger partial charge on any atom is 0.172 e. The molecule has 0 radical (unpaired) electrons. The highest BCUT2D eigenvalue weighted by atomic mass is 79.9. The van der Waals surface area contributed by atoms with Gasteiger partial charge in [-0.2, -0.15) is 5.10 Å². The van der Waals surface area contributed by atoms with Crippen molar-refractivity contribution in [2.24, 2.45) is 5.10 Å². The molecule has 0 spiro atoms. The fraction of sp³-hybridized carbons (Fsp3) is 0. The van der Waals surface area contributed by atoms with E-state index in [4.69, 9.17) is 4.42 Å². The van der Waals surface area contributed by atoms with Gasteiger partial charge in [-0.15, -0.1) is 0 Å². The second kappa shape index (κ2) is 5.28. The van der Waals surface area contributed by atoms with Gasteiger partial charge in [0, 0.05) is 11.5 Å². The van der Waals surface area contributed by atoms with E-state index in [1.807, 2.05) is 60.7 Å². The Balaban J connectivity index is 2.09. The van der Waals surface area contributed by atoms with Crippen LogP contribution in [0.15, 0.2) is 74.9 Å². The van der Waals surface area contributed by atoms with Gasteiger partial charge in [0.05, 0.1) is 11.0 Å². The monoisotopic (exact) mass is 314 g/mol. The Morgan fingerprint density at radius 2 is 1.68 bits per heavy atom. The molecule has 1 aromatic heterocycles. The van der Waals surface area contributed by atoms with Crippen LogP contribution in [0.4, 0.5) is 5.69 Å². The number of nitrogens with zero attached hydrogens (tertiary/aromatic N) is 1. The normalized spacial score (nSPS) is 11.7. The molecule has 0 saturated carbocycles.